The zero-order valence-corrected chi connectivity index (χ0v) is 14.9. The highest BCUT2D eigenvalue weighted by Crippen LogP contribution is 2.27. The van der Waals surface area contributed by atoms with Gasteiger partial charge in [-0.15, -0.1) is 5.10 Å². The van der Waals surface area contributed by atoms with E-state index < -0.39 is 0 Å². The highest BCUT2D eigenvalue weighted by Gasteiger charge is 2.38. The molecule has 1 fully saturated rings. The predicted molar refractivity (Wildman–Crippen MR) is 94.8 cm³/mol. The molecule has 3 rings (SSSR count). The number of benzene rings is 1. The maximum Gasteiger partial charge on any atom is 0.237 e. The van der Waals surface area contributed by atoms with Crippen LogP contribution in [0.15, 0.2) is 36.7 Å². The Morgan fingerprint density at radius 2 is 2.12 bits per heavy atom. The molecule has 2 heterocycles. The lowest BCUT2D eigenvalue weighted by Gasteiger charge is -2.25. The molecule has 2 atom stereocenters. The molecular weight excluding hydrogens is 316 g/mol. The summed E-state index contributed by atoms with van der Waals surface area (Å²) in [5, 5.41) is 14.5. The first-order valence-corrected chi connectivity index (χ1v) is 8.91. The van der Waals surface area contributed by atoms with Crippen molar-refractivity contribution in [2.75, 3.05) is 19.6 Å². The fourth-order valence-electron chi connectivity index (χ4n) is 3.44. The Balaban J connectivity index is 1.58. The number of nitrogens with zero attached hydrogens (tertiary/aromatic N) is 5. The van der Waals surface area contributed by atoms with Crippen molar-refractivity contribution >= 4 is 5.91 Å². The maximum atomic E-state index is 12.7. The molecule has 1 N–H and O–H groups in total. The molecule has 0 spiro atoms. The Morgan fingerprint density at radius 1 is 1.32 bits per heavy atom. The van der Waals surface area contributed by atoms with E-state index in [1.54, 1.807) is 11.0 Å². The first-order chi connectivity index (χ1) is 12.1. The second-order valence-corrected chi connectivity index (χ2v) is 7.07. The van der Waals surface area contributed by atoms with Crippen LogP contribution >= 0.6 is 0 Å². The van der Waals surface area contributed by atoms with E-state index in [1.165, 1.54) is 5.56 Å². The molecule has 2 aromatic rings. The van der Waals surface area contributed by atoms with Crippen molar-refractivity contribution < 1.29 is 4.79 Å². The maximum absolute atomic E-state index is 12.7. The first kappa shape index (κ1) is 17.5. The van der Waals surface area contributed by atoms with Crippen LogP contribution in [0.5, 0.6) is 0 Å². The number of hydrogen-bond acceptors (Lipinski definition) is 5. The molecule has 1 amide bonds. The third kappa shape index (κ3) is 4.63. The van der Waals surface area contributed by atoms with E-state index in [0.29, 0.717) is 12.5 Å². The largest absolute Gasteiger partial charge is 0.354 e. The summed E-state index contributed by atoms with van der Waals surface area (Å²) in [4.78, 5) is 15.0. The van der Waals surface area contributed by atoms with Gasteiger partial charge in [-0.1, -0.05) is 44.2 Å². The van der Waals surface area contributed by atoms with E-state index >= 15 is 0 Å². The van der Waals surface area contributed by atoms with Gasteiger partial charge >= 0.3 is 0 Å². The van der Waals surface area contributed by atoms with Crippen LogP contribution in [0.1, 0.15) is 31.9 Å². The lowest BCUT2D eigenvalue weighted by Crippen LogP contribution is -2.45. The van der Waals surface area contributed by atoms with E-state index in [4.69, 9.17) is 0 Å². The molecule has 0 unspecified atom stereocenters. The van der Waals surface area contributed by atoms with Gasteiger partial charge in [0.05, 0.1) is 12.1 Å². The number of aromatic nitrogens is 4. The van der Waals surface area contributed by atoms with E-state index in [9.17, 15) is 4.79 Å². The van der Waals surface area contributed by atoms with Crippen molar-refractivity contribution in [2.45, 2.75) is 38.8 Å². The lowest BCUT2D eigenvalue weighted by atomic mass is 10.1. The summed E-state index contributed by atoms with van der Waals surface area (Å²) >= 11 is 0. The summed E-state index contributed by atoms with van der Waals surface area (Å²) in [6.45, 7) is 6.71. The molecule has 1 aliphatic heterocycles. The molecule has 7 nitrogen and oxygen atoms in total. The average Bonchev–Trinajstić information content (AvgIpc) is 3.24. The van der Waals surface area contributed by atoms with Gasteiger partial charge in [0.1, 0.15) is 6.33 Å². The molecule has 1 aromatic carbocycles. The van der Waals surface area contributed by atoms with Crippen molar-refractivity contribution in [2.24, 2.45) is 5.92 Å². The van der Waals surface area contributed by atoms with Crippen LogP contribution in [0.25, 0.3) is 0 Å². The number of carbonyl (C=O) groups is 1. The van der Waals surface area contributed by atoms with Crippen LogP contribution in [0.3, 0.4) is 0 Å². The molecule has 0 radical (unpaired) electrons. The smallest absolute Gasteiger partial charge is 0.237 e. The highest BCUT2D eigenvalue weighted by molar-refractivity contribution is 5.82. The molecule has 1 aromatic heterocycles. The van der Waals surface area contributed by atoms with Gasteiger partial charge in [-0.05, 0) is 34.7 Å². The Morgan fingerprint density at radius 3 is 2.80 bits per heavy atom. The SMILES string of the molecule is CC(C)CN1C[C@@H](n2cnnn2)C[C@H]1C(=O)NCCc1ccccc1. The molecular formula is C18H26N6O. The minimum Gasteiger partial charge on any atom is -0.354 e. The van der Waals surface area contributed by atoms with Crippen LogP contribution in [0.2, 0.25) is 0 Å². The van der Waals surface area contributed by atoms with E-state index in [2.05, 4.69) is 51.7 Å². The molecule has 7 heteroatoms. The van der Waals surface area contributed by atoms with Gasteiger partial charge in [0, 0.05) is 19.6 Å². The fourth-order valence-corrected chi connectivity index (χ4v) is 3.44. The quantitative estimate of drug-likeness (QED) is 0.821. The molecule has 1 saturated heterocycles. The zero-order chi connectivity index (χ0) is 17.6. The second kappa shape index (κ2) is 8.20. The normalized spacial score (nSPS) is 20.9. The Kier molecular flexibility index (Phi) is 5.75. The molecule has 0 bridgehead atoms. The van der Waals surface area contributed by atoms with Crippen LogP contribution in [-0.2, 0) is 11.2 Å². The summed E-state index contributed by atoms with van der Waals surface area (Å²) < 4.78 is 1.77. The molecule has 25 heavy (non-hydrogen) atoms. The van der Waals surface area contributed by atoms with Crippen molar-refractivity contribution in [3.05, 3.63) is 42.2 Å². The van der Waals surface area contributed by atoms with Gasteiger partial charge in [0.15, 0.2) is 0 Å². The summed E-state index contributed by atoms with van der Waals surface area (Å²) in [6, 6.07) is 10.3. The number of hydrogen-bond donors (Lipinski definition) is 1. The first-order valence-electron chi connectivity index (χ1n) is 8.91. The van der Waals surface area contributed by atoms with Crippen molar-refractivity contribution in [3.63, 3.8) is 0 Å². The summed E-state index contributed by atoms with van der Waals surface area (Å²) in [6.07, 6.45) is 3.22. The lowest BCUT2D eigenvalue weighted by molar-refractivity contribution is -0.125. The number of likely N-dealkylation sites (tertiary alicyclic amines) is 1. The number of tetrazole rings is 1. The van der Waals surface area contributed by atoms with E-state index in [1.807, 2.05) is 18.2 Å². The second-order valence-electron chi connectivity index (χ2n) is 7.07. The Labute approximate surface area is 148 Å². The van der Waals surface area contributed by atoms with E-state index in [-0.39, 0.29) is 18.0 Å². The monoisotopic (exact) mass is 342 g/mol. The van der Waals surface area contributed by atoms with Gasteiger partial charge in [0.2, 0.25) is 5.91 Å². The van der Waals surface area contributed by atoms with Crippen molar-refractivity contribution in [3.8, 4) is 0 Å². The van der Waals surface area contributed by atoms with Crippen LogP contribution in [-0.4, -0.2) is 56.7 Å². The predicted octanol–water partition coefficient (Wildman–Crippen LogP) is 1.30. The fraction of sp³-hybridized carbons (Fsp3) is 0.556. The molecule has 0 saturated carbocycles. The summed E-state index contributed by atoms with van der Waals surface area (Å²) in [5.74, 6) is 0.611. The third-order valence-corrected chi connectivity index (χ3v) is 4.58. The van der Waals surface area contributed by atoms with Crippen LogP contribution < -0.4 is 5.32 Å². The number of amides is 1. The van der Waals surface area contributed by atoms with Gasteiger partial charge in [0.25, 0.3) is 0 Å². The third-order valence-electron chi connectivity index (χ3n) is 4.58. The standard InChI is InChI=1S/C18H26N6O/c1-14(2)11-23-12-16(24-13-20-21-22-24)10-17(23)18(25)19-9-8-15-6-4-3-5-7-15/h3-7,13-14,16-17H,8-12H2,1-2H3,(H,19,25)/t16-,17-/m0/s1. The molecule has 0 aliphatic carbocycles. The summed E-state index contributed by atoms with van der Waals surface area (Å²) in [5.41, 5.74) is 1.24. The summed E-state index contributed by atoms with van der Waals surface area (Å²) in [7, 11) is 0. The van der Waals surface area contributed by atoms with Gasteiger partial charge < -0.3 is 5.32 Å². The van der Waals surface area contributed by atoms with Crippen LogP contribution in [0.4, 0.5) is 0 Å². The van der Waals surface area contributed by atoms with E-state index in [0.717, 1.165) is 25.9 Å². The number of rotatable bonds is 7. The number of nitrogens with one attached hydrogen (secondary N) is 1. The van der Waals surface area contributed by atoms with Gasteiger partial charge in [-0.3, -0.25) is 9.69 Å². The molecule has 1 aliphatic rings. The highest BCUT2D eigenvalue weighted by atomic mass is 16.2. The Bertz CT molecular complexity index is 657. The number of carbonyl (C=O) groups excluding carboxylic acids is 1. The average molecular weight is 342 g/mol. The van der Waals surface area contributed by atoms with Gasteiger partial charge in [-0.25, -0.2) is 4.68 Å². The minimum absolute atomic E-state index is 0.104. The van der Waals surface area contributed by atoms with Crippen molar-refractivity contribution in [1.29, 1.82) is 0 Å². The minimum atomic E-state index is -0.118. The van der Waals surface area contributed by atoms with Crippen molar-refractivity contribution in [1.82, 2.24) is 30.4 Å². The van der Waals surface area contributed by atoms with Crippen LogP contribution in [0, 0.1) is 5.92 Å². The Hall–Kier alpha value is -2.28. The van der Waals surface area contributed by atoms with Gasteiger partial charge in [-0.2, -0.15) is 0 Å². The molecule has 134 valence electrons. The topological polar surface area (TPSA) is 75.9 Å². The zero-order valence-electron chi connectivity index (χ0n) is 14.9.